The van der Waals surface area contributed by atoms with Crippen molar-refractivity contribution in [2.45, 2.75) is 24.9 Å². The molecule has 0 fully saturated rings. The van der Waals surface area contributed by atoms with Gasteiger partial charge < -0.3 is 39.0 Å². The predicted molar refractivity (Wildman–Crippen MR) is 117 cm³/mol. The molecule has 0 unspecified atom stereocenters. The van der Waals surface area contributed by atoms with Crippen LogP contribution in [0.4, 0.5) is 23.1 Å². The van der Waals surface area contributed by atoms with Crippen LogP contribution in [0.3, 0.4) is 0 Å². The normalized spacial score (nSPS) is 16.8. The topological polar surface area (TPSA) is 194 Å². The number of fused-ring (bicyclic) bond motifs is 3. The Labute approximate surface area is 198 Å². The maximum absolute atomic E-state index is 12.4. The molecule has 13 nitrogen and oxygen atoms in total. The molecule has 0 radical (unpaired) electrons. The van der Waals surface area contributed by atoms with Gasteiger partial charge in [0.15, 0.2) is 11.9 Å². The molecular formula is C20H22ClN7O6. The van der Waals surface area contributed by atoms with Gasteiger partial charge in [-0.2, -0.15) is 4.98 Å². The zero-order valence-corrected chi connectivity index (χ0v) is 18.5. The summed E-state index contributed by atoms with van der Waals surface area (Å²) in [5, 5.41) is 23.4. The third kappa shape index (κ3) is 4.93. The zero-order valence-electron chi connectivity index (χ0n) is 17.7. The SMILES string of the molecule is Nc1nc2c(c(=O)[nH]1)[N+]1=CN(c3ccc(C(=O)N[C@@H](CCC(=O)O)C(=O)O)cc3)C[C@H]1CN2.[Cl-]. The molecule has 2 aromatic rings. The summed E-state index contributed by atoms with van der Waals surface area (Å²) in [4.78, 5) is 55.4. The van der Waals surface area contributed by atoms with Crippen LogP contribution in [0.5, 0.6) is 0 Å². The van der Waals surface area contributed by atoms with Crippen LogP contribution in [0.25, 0.3) is 0 Å². The number of nitrogens with one attached hydrogen (secondary N) is 3. The van der Waals surface area contributed by atoms with E-state index < -0.39 is 23.9 Å². The highest BCUT2D eigenvalue weighted by molar-refractivity contribution is 5.97. The number of carbonyl (C=O) groups excluding carboxylic acids is 1. The van der Waals surface area contributed by atoms with Crippen molar-refractivity contribution in [3.8, 4) is 0 Å². The van der Waals surface area contributed by atoms with Crippen LogP contribution in [-0.4, -0.2) is 74.1 Å². The number of halogens is 1. The number of nitrogens with zero attached hydrogens (tertiary/aromatic N) is 3. The quantitative estimate of drug-likeness (QED) is 0.211. The van der Waals surface area contributed by atoms with Crippen LogP contribution < -0.4 is 39.2 Å². The van der Waals surface area contributed by atoms with Crippen LogP contribution in [-0.2, 0) is 9.59 Å². The highest BCUT2D eigenvalue weighted by atomic mass is 35.5. The lowest BCUT2D eigenvalue weighted by atomic mass is 10.1. The maximum Gasteiger partial charge on any atom is 0.326 e. The first-order chi connectivity index (χ1) is 15.7. The minimum Gasteiger partial charge on any atom is -1.00 e. The lowest BCUT2D eigenvalue weighted by Gasteiger charge is -2.20. The van der Waals surface area contributed by atoms with E-state index in [-0.39, 0.29) is 48.4 Å². The van der Waals surface area contributed by atoms with E-state index in [9.17, 15) is 24.3 Å². The molecule has 0 saturated carbocycles. The second kappa shape index (κ2) is 9.79. The maximum atomic E-state index is 12.4. The van der Waals surface area contributed by atoms with E-state index in [1.54, 1.807) is 30.6 Å². The Balaban J connectivity index is 0.00000324. The fourth-order valence-electron chi connectivity index (χ4n) is 3.81. The number of aromatic nitrogens is 2. The Kier molecular flexibility index (Phi) is 7.05. The molecule has 0 saturated heterocycles. The first kappa shape index (κ1) is 24.5. The Bertz CT molecular complexity index is 1210. The number of nitrogen functional groups attached to an aromatic ring is 1. The van der Waals surface area contributed by atoms with Crippen molar-refractivity contribution in [1.82, 2.24) is 15.3 Å². The molecule has 1 aromatic carbocycles. The minimum atomic E-state index is -1.30. The number of anilines is 3. The Morgan fingerprint density at radius 1 is 1.26 bits per heavy atom. The monoisotopic (exact) mass is 491 g/mol. The van der Waals surface area contributed by atoms with Gasteiger partial charge in [-0.3, -0.25) is 19.4 Å². The molecular weight excluding hydrogens is 470 g/mol. The third-order valence-corrected chi connectivity index (χ3v) is 5.45. The Morgan fingerprint density at radius 2 is 1.97 bits per heavy atom. The molecule has 0 aliphatic carbocycles. The zero-order chi connectivity index (χ0) is 23.7. The average Bonchev–Trinajstić information content (AvgIpc) is 3.20. The molecule has 1 amide bonds. The second-order valence-electron chi connectivity index (χ2n) is 7.70. The van der Waals surface area contributed by atoms with Gasteiger partial charge in [0.1, 0.15) is 18.3 Å². The van der Waals surface area contributed by atoms with Gasteiger partial charge in [-0.25, -0.2) is 14.3 Å². The number of carboxylic acid groups (broad SMARTS) is 2. The number of H-pyrrole nitrogens is 1. The molecule has 2 aliphatic rings. The fourth-order valence-corrected chi connectivity index (χ4v) is 3.81. The summed E-state index contributed by atoms with van der Waals surface area (Å²) in [5.74, 6) is -2.62. The van der Waals surface area contributed by atoms with Crippen molar-refractivity contribution >= 4 is 47.3 Å². The van der Waals surface area contributed by atoms with Crippen molar-refractivity contribution in [2.75, 3.05) is 29.0 Å². The summed E-state index contributed by atoms with van der Waals surface area (Å²) in [5.41, 5.74) is 6.64. The molecule has 14 heteroatoms. The minimum absolute atomic E-state index is 0. The Hall–Kier alpha value is -4.13. The van der Waals surface area contributed by atoms with Crippen molar-refractivity contribution in [1.29, 1.82) is 0 Å². The number of carboxylic acids is 2. The van der Waals surface area contributed by atoms with E-state index in [4.69, 9.17) is 10.8 Å². The van der Waals surface area contributed by atoms with Crippen LogP contribution >= 0.6 is 0 Å². The summed E-state index contributed by atoms with van der Waals surface area (Å²) in [6.07, 6.45) is 1.20. The molecule has 0 bridgehead atoms. The van der Waals surface area contributed by atoms with E-state index in [1.807, 2.05) is 9.48 Å². The van der Waals surface area contributed by atoms with E-state index >= 15 is 0 Å². The van der Waals surface area contributed by atoms with Gasteiger partial charge in [-0.15, -0.1) is 0 Å². The summed E-state index contributed by atoms with van der Waals surface area (Å²) in [6, 6.07) is 5.19. The largest absolute Gasteiger partial charge is 1.00 e. The molecule has 0 spiro atoms. The molecule has 2 aliphatic heterocycles. The fraction of sp³-hybridized carbons (Fsp3) is 0.300. The van der Waals surface area contributed by atoms with Gasteiger partial charge in [-0.1, -0.05) is 0 Å². The van der Waals surface area contributed by atoms with Crippen LogP contribution in [0.2, 0.25) is 0 Å². The lowest BCUT2D eigenvalue weighted by Crippen LogP contribution is -3.00. The number of nitrogens with two attached hydrogens (primary N) is 1. The average molecular weight is 492 g/mol. The number of carbonyl (C=O) groups is 3. The van der Waals surface area contributed by atoms with E-state index in [0.717, 1.165) is 5.69 Å². The van der Waals surface area contributed by atoms with E-state index in [1.165, 1.54) is 0 Å². The molecule has 2 atom stereocenters. The van der Waals surface area contributed by atoms with Gasteiger partial charge in [-0.05, 0) is 30.7 Å². The molecule has 34 heavy (non-hydrogen) atoms. The molecule has 4 rings (SSSR count). The van der Waals surface area contributed by atoms with Gasteiger partial charge in [0.05, 0.1) is 6.54 Å². The number of amides is 1. The molecule has 1 aromatic heterocycles. The molecule has 180 valence electrons. The van der Waals surface area contributed by atoms with Crippen molar-refractivity contribution in [3.05, 3.63) is 40.2 Å². The standard InChI is InChI=1S/C20H21N7O6.ClH/c21-20-24-16-15(18(31)25-20)27-9-26(8-12(27)7-22-16)11-3-1-10(2-4-11)17(30)23-13(19(32)33)5-6-14(28)29;/h1-4,9,12-13H,5-8H2,(H6-,21,22,23,24,25,28,29,30,31,32,33);1H/t12-,13+;/m1./s1. The number of hydrogen-bond donors (Lipinski definition) is 6. The summed E-state index contributed by atoms with van der Waals surface area (Å²) >= 11 is 0. The van der Waals surface area contributed by atoms with Crippen molar-refractivity contribution in [3.63, 3.8) is 0 Å². The summed E-state index contributed by atoms with van der Waals surface area (Å²) in [6.45, 7) is 1.14. The van der Waals surface area contributed by atoms with Gasteiger partial charge in [0, 0.05) is 12.0 Å². The van der Waals surface area contributed by atoms with Crippen LogP contribution in [0.15, 0.2) is 29.1 Å². The first-order valence-corrected chi connectivity index (χ1v) is 10.1. The van der Waals surface area contributed by atoms with Crippen molar-refractivity contribution < 1.29 is 41.6 Å². The van der Waals surface area contributed by atoms with E-state index in [2.05, 4.69) is 20.6 Å². The third-order valence-electron chi connectivity index (χ3n) is 5.45. The van der Waals surface area contributed by atoms with Gasteiger partial charge >= 0.3 is 17.5 Å². The number of aliphatic carboxylic acids is 2. The highest BCUT2D eigenvalue weighted by Crippen LogP contribution is 2.28. The van der Waals surface area contributed by atoms with E-state index in [0.29, 0.717) is 24.6 Å². The summed E-state index contributed by atoms with van der Waals surface area (Å²) in [7, 11) is 0. The van der Waals surface area contributed by atoms with Crippen LogP contribution in [0, 0.1) is 0 Å². The highest BCUT2D eigenvalue weighted by Gasteiger charge is 2.39. The Morgan fingerprint density at radius 3 is 2.62 bits per heavy atom. The smallest absolute Gasteiger partial charge is 0.326 e. The molecule has 7 N–H and O–H groups in total. The number of aromatic amines is 1. The van der Waals surface area contributed by atoms with Gasteiger partial charge in [0.2, 0.25) is 18.0 Å². The first-order valence-electron chi connectivity index (χ1n) is 10.1. The molecule has 3 heterocycles. The second-order valence-corrected chi connectivity index (χ2v) is 7.70. The lowest BCUT2D eigenvalue weighted by molar-refractivity contribution is -0.468. The number of rotatable bonds is 7. The van der Waals surface area contributed by atoms with Crippen LogP contribution in [0.1, 0.15) is 23.2 Å². The van der Waals surface area contributed by atoms with Crippen molar-refractivity contribution in [2.24, 2.45) is 0 Å². The summed E-state index contributed by atoms with van der Waals surface area (Å²) < 4.78 is 1.83. The predicted octanol–water partition coefficient (Wildman–Crippen LogP) is -3.61. The van der Waals surface area contributed by atoms with Gasteiger partial charge in [0.25, 0.3) is 5.91 Å². The number of benzene rings is 1. The number of hydrogen-bond acceptors (Lipinski definition) is 8.